The van der Waals surface area contributed by atoms with Crippen molar-refractivity contribution in [3.63, 3.8) is 0 Å². The molecule has 1 aliphatic rings. The molecular weight excluding hydrogens is 476 g/mol. The van der Waals surface area contributed by atoms with E-state index in [1.807, 2.05) is 47.0 Å². The number of aromatic nitrogens is 6. The van der Waals surface area contributed by atoms with Gasteiger partial charge in [0.2, 0.25) is 5.95 Å². The van der Waals surface area contributed by atoms with Gasteiger partial charge >= 0.3 is 5.69 Å². The van der Waals surface area contributed by atoms with Gasteiger partial charge in [0.15, 0.2) is 16.3 Å². The number of anilines is 2. The Balaban J connectivity index is 1.28. The Kier molecular flexibility index (Phi) is 5.76. The molecule has 1 aliphatic heterocycles. The molecule has 0 bridgehead atoms. The van der Waals surface area contributed by atoms with Gasteiger partial charge in [-0.15, -0.1) is 0 Å². The molecule has 184 valence electrons. The highest BCUT2D eigenvalue weighted by Crippen LogP contribution is 2.25. The van der Waals surface area contributed by atoms with Gasteiger partial charge in [-0.3, -0.25) is 14.3 Å². The van der Waals surface area contributed by atoms with Gasteiger partial charge < -0.3 is 19.4 Å². The molecule has 0 aliphatic carbocycles. The van der Waals surface area contributed by atoms with Crippen LogP contribution in [0.1, 0.15) is 0 Å². The summed E-state index contributed by atoms with van der Waals surface area (Å²) in [7, 11) is 1.64. The Morgan fingerprint density at radius 3 is 2.39 bits per heavy atom. The Hall–Kier alpha value is -3.99. The predicted octanol–water partition coefficient (Wildman–Crippen LogP) is 2.42. The van der Waals surface area contributed by atoms with Crippen LogP contribution in [0.25, 0.3) is 22.2 Å². The van der Waals surface area contributed by atoms with Gasteiger partial charge in [-0.25, -0.2) is 9.78 Å². The van der Waals surface area contributed by atoms with E-state index in [1.54, 1.807) is 18.8 Å². The van der Waals surface area contributed by atoms with E-state index in [4.69, 9.17) is 4.98 Å². The third kappa shape index (κ3) is 4.05. The second-order valence-corrected chi connectivity index (χ2v) is 9.85. The highest BCUT2D eigenvalue weighted by molar-refractivity contribution is 7.99. The van der Waals surface area contributed by atoms with Crippen LogP contribution in [0, 0.1) is 0 Å². The van der Waals surface area contributed by atoms with Crippen molar-refractivity contribution in [1.82, 2.24) is 29.1 Å². The highest BCUT2D eigenvalue weighted by atomic mass is 32.2. The molecule has 0 spiro atoms. The second-order valence-electron chi connectivity index (χ2n) is 8.77. The van der Waals surface area contributed by atoms with Crippen LogP contribution in [0.15, 0.2) is 69.3 Å². The number of para-hydroxylation sites is 3. The molecule has 11 heteroatoms. The molecule has 0 radical (unpaired) electrons. The van der Waals surface area contributed by atoms with Gasteiger partial charge in [0.05, 0.1) is 11.0 Å². The SMILES string of the molecule is Cn1c(=O)[nH]c(=O)c2c1nc(N1CCN(c3ccccc3)CC1)n2CCSc1nc2ccccc2[nH]1. The average molecular weight is 503 g/mol. The molecule has 3 aromatic heterocycles. The summed E-state index contributed by atoms with van der Waals surface area (Å²) in [6.45, 7) is 3.77. The Morgan fingerprint density at radius 1 is 0.889 bits per heavy atom. The van der Waals surface area contributed by atoms with E-state index in [1.165, 1.54) is 10.3 Å². The maximum atomic E-state index is 12.9. The number of H-pyrrole nitrogens is 2. The van der Waals surface area contributed by atoms with E-state index in [9.17, 15) is 9.59 Å². The summed E-state index contributed by atoms with van der Waals surface area (Å²) in [5, 5.41) is 0.833. The zero-order chi connectivity index (χ0) is 24.6. The van der Waals surface area contributed by atoms with Crippen LogP contribution in [0.4, 0.5) is 11.6 Å². The Bertz CT molecular complexity index is 1610. The van der Waals surface area contributed by atoms with E-state index in [-0.39, 0.29) is 0 Å². The number of rotatable bonds is 6. The smallest absolute Gasteiger partial charge is 0.329 e. The minimum Gasteiger partial charge on any atom is -0.368 e. The largest absolute Gasteiger partial charge is 0.368 e. The molecule has 1 fully saturated rings. The quantitative estimate of drug-likeness (QED) is 0.343. The monoisotopic (exact) mass is 502 g/mol. The lowest BCUT2D eigenvalue weighted by Gasteiger charge is -2.36. The van der Waals surface area contributed by atoms with Crippen LogP contribution in [-0.4, -0.2) is 61.0 Å². The number of aromatic amines is 2. The lowest BCUT2D eigenvalue weighted by atomic mass is 10.2. The van der Waals surface area contributed by atoms with Gasteiger partial charge in [0.1, 0.15) is 0 Å². The fourth-order valence-electron chi connectivity index (χ4n) is 4.71. The van der Waals surface area contributed by atoms with E-state index in [0.717, 1.165) is 48.3 Å². The number of nitrogens with zero attached hydrogens (tertiary/aromatic N) is 6. The van der Waals surface area contributed by atoms with Crippen LogP contribution in [0.3, 0.4) is 0 Å². The third-order valence-corrected chi connectivity index (χ3v) is 7.45. The topological polar surface area (TPSA) is 108 Å². The highest BCUT2D eigenvalue weighted by Gasteiger charge is 2.25. The van der Waals surface area contributed by atoms with Crippen LogP contribution >= 0.6 is 11.8 Å². The standard InChI is InChI=1S/C25H26N8O2S/c1-30-21-20(22(34)29-25(30)35)33(15-16-36-23-26-18-9-5-6-10-19(18)27-23)24(28-21)32-13-11-31(12-14-32)17-7-3-2-4-8-17/h2-10H,11-16H2,1H3,(H,26,27)(H,29,34,35). The van der Waals surface area contributed by atoms with Gasteiger partial charge in [0, 0.05) is 51.2 Å². The van der Waals surface area contributed by atoms with E-state index >= 15 is 0 Å². The molecule has 2 N–H and O–H groups in total. The number of nitrogens with one attached hydrogen (secondary N) is 2. The molecule has 6 rings (SSSR count). The number of thioether (sulfide) groups is 1. The maximum absolute atomic E-state index is 12.9. The normalized spacial score (nSPS) is 14.2. The zero-order valence-corrected chi connectivity index (χ0v) is 20.7. The summed E-state index contributed by atoms with van der Waals surface area (Å²) < 4.78 is 3.35. The molecule has 4 heterocycles. The molecule has 0 unspecified atom stereocenters. The minimum absolute atomic E-state index is 0.401. The number of benzene rings is 2. The van der Waals surface area contributed by atoms with Gasteiger partial charge in [-0.05, 0) is 24.3 Å². The van der Waals surface area contributed by atoms with Crippen LogP contribution in [-0.2, 0) is 13.6 Å². The first-order valence-electron chi connectivity index (χ1n) is 11.9. The van der Waals surface area contributed by atoms with E-state index in [0.29, 0.717) is 23.5 Å². The molecule has 1 saturated heterocycles. The molecule has 0 amide bonds. The number of fused-ring (bicyclic) bond motifs is 2. The number of piperazine rings is 1. The summed E-state index contributed by atoms with van der Waals surface area (Å²) in [5.74, 6) is 1.40. The fraction of sp³-hybridized carbons (Fsp3) is 0.280. The summed E-state index contributed by atoms with van der Waals surface area (Å²) >= 11 is 1.60. The lowest BCUT2D eigenvalue weighted by molar-refractivity contribution is 0.622. The first kappa shape index (κ1) is 22.5. The van der Waals surface area contributed by atoms with Crippen LogP contribution < -0.4 is 21.0 Å². The number of imidazole rings is 2. The van der Waals surface area contributed by atoms with Crippen molar-refractivity contribution >= 4 is 45.6 Å². The van der Waals surface area contributed by atoms with Crippen molar-refractivity contribution < 1.29 is 0 Å². The first-order valence-corrected chi connectivity index (χ1v) is 12.9. The van der Waals surface area contributed by atoms with Crippen LogP contribution in [0.2, 0.25) is 0 Å². The number of hydrogen-bond acceptors (Lipinski definition) is 7. The fourth-order valence-corrected chi connectivity index (χ4v) is 5.52. The number of aryl methyl sites for hydroxylation is 2. The molecule has 2 aromatic carbocycles. The minimum atomic E-state index is -0.464. The summed E-state index contributed by atoms with van der Waals surface area (Å²) in [4.78, 5) is 44.9. The predicted molar refractivity (Wildman–Crippen MR) is 143 cm³/mol. The Morgan fingerprint density at radius 2 is 1.61 bits per heavy atom. The Labute approximate surface area is 210 Å². The zero-order valence-electron chi connectivity index (χ0n) is 19.8. The maximum Gasteiger partial charge on any atom is 0.329 e. The van der Waals surface area contributed by atoms with Crippen molar-refractivity contribution in [2.24, 2.45) is 7.05 Å². The van der Waals surface area contributed by atoms with Gasteiger partial charge in [-0.2, -0.15) is 4.98 Å². The van der Waals surface area contributed by atoms with Crippen molar-refractivity contribution in [3.05, 3.63) is 75.4 Å². The summed E-state index contributed by atoms with van der Waals surface area (Å²) in [5.41, 5.74) is 3.07. The molecule has 0 atom stereocenters. The lowest BCUT2D eigenvalue weighted by Crippen LogP contribution is -2.47. The van der Waals surface area contributed by atoms with E-state index < -0.39 is 11.2 Å². The van der Waals surface area contributed by atoms with Crippen molar-refractivity contribution in [3.8, 4) is 0 Å². The molecular formula is C25H26N8O2S. The molecule has 36 heavy (non-hydrogen) atoms. The summed E-state index contributed by atoms with van der Waals surface area (Å²) in [6, 6.07) is 18.3. The second kappa shape index (κ2) is 9.23. The average Bonchev–Trinajstić information content (AvgIpc) is 3.50. The molecule has 5 aromatic rings. The summed E-state index contributed by atoms with van der Waals surface area (Å²) in [6.07, 6.45) is 0. The van der Waals surface area contributed by atoms with Crippen molar-refractivity contribution in [2.75, 3.05) is 41.7 Å². The molecule has 10 nitrogen and oxygen atoms in total. The third-order valence-electron chi connectivity index (χ3n) is 6.59. The number of hydrogen-bond donors (Lipinski definition) is 2. The van der Waals surface area contributed by atoms with E-state index in [2.05, 4.69) is 36.9 Å². The van der Waals surface area contributed by atoms with Crippen molar-refractivity contribution in [2.45, 2.75) is 11.7 Å². The van der Waals surface area contributed by atoms with Crippen LogP contribution in [0.5, 0.6) is 0 Å². The first-order chi connectivity index (χ1) is 17.6. The van der Waals surface area contributed by atoms with Gasteiger partial charge in [-0.1, -0.05) is 42.1 Å². The molecule has 0 saturated carbocycles. The van der Waals surface area contributed by atoms with Crippen molar-refractivity contribution in [1.29, 1.82) is 0 Å². The van der Waals surface area contributed by atoms with Gasteiger partial charge in [0.25, 0.3) is 5.56 Å².